The maximum atomic E-state index is 13.4. The number of halogens is 1. The van der Waals surface area contributed by atoms with Gasteiger partial charge in [-0.05, 0) is 48.4 Å². The molecule has 0 radical (unpaired) electrons. The molecule has 3 aromatic carbocycles. The zero-order valence-electron chi connectivity index (χ0n) is 18.7. The third-order valence-corrected chi connectivity index (χ3v) is 5.98. The highest BCUT2D eigenvalue weighted by molar-refractivity contribution is 6.30. The summed E-state index contributed by atoms with van der Waals surface area (Å²) in [4.78, 5) is 27.8. The highest BCUT2D eigenvalue weighted by atomic mass is 35.5. The van der Waals surface area contributed by atoms with Crippen LogP contribution in [0.5, 0.6) is 5.75 Å². The minimum absolute atomic E-state index is 0.0517. The van der Waals surface area contributed by atoms with Crippen molar-refractivity contribution in [1.82, 2.24) is 10.5 Å². The molecule has 5 rings (SSSR count). The first-order chi connectivity index (χ1) is 17.1. The first kappa shape index (κ1) is 22.7. The van der Waals surface area contributed by atoms with E-state index in [0.29, 0.717) is 35.2 Å². The Labute approximate surface area is 207 Å². The van der Waals surface area contributed by atoms with Crippen LogP contribution in [0.2, 0.25) is 5.02 Å². The third-order valence-electron chi connectivity index (χ3n) is 5.73. The summed E-state index contributed by atoms with van der Waals surface area (Å²) in [6.45, 7) is 0.516. The molecule has 1 atom stereocenters. The van der Waals surface area contributed by atoms with Gasteiger partial charge in [-0.1, -0.05) is 59.2 Å². The smallest absolute Gasteiger partial charge is 0.280 e. The van der Waals surface area contributed by atoms with Gasteiger partial charge in [-0.3, -0.25) is 14.5 Å². The number of nitrogens with zero attached hydrogens (tertiary/aromatic N) is 2. The van der Waals surface area contributed by atoms with E-state index >= 15 is 0 Å². The first-order valence-corrected chi connectivity index (χ1v) is 11.6. The van der Waals surface area contributed by atoms with Crippen LogP contribution in [0.1, 0.15) is 16.1 Å². The van der Waals surface area contributed by atoms with Crippen molar-refractivity contribution in [2.75, 3.05) is 18.0 Å². The van der Waals surface area contributed by atoms with Crippen LogP contribution >= 0.6 is 11.6 Å². The Morgan fingerprint density at radius 1 is 1.00 bits per heavy atom. The van der Waals surface area contributed by atoms with Crippen molar-refractivity contribution in [3.8, 4) is 17.1 Å². The van der Waals surface area contributed by atoms with Gasteiger partial charge in [0.15, 0.2) is 17.6 Å². The van der Waals surface area contributed by atoms with Crippen molar-refractivity contribution in [3.05, 3.63) is 101 Å². The second-order valence-electron chi connectivity index (χ2n) is 8.10. The number of carbonyl (C=O) groups excluding carboxylic acids is 2. The van der Waals surface area contributed by atoms with Crippen LogP contribution in [0.15, 0.2) is 89.5 Å². The second kappa shape index (κ2) is 10.0. The highest BCUT2D eigenvalue weighted by Crippen LogP contribution is 2.34. The second-order valence-corrected chi connectivity index (χ2v) is 8.54. The lowest BCUT2D eigenvalue weighted by Crippen LogP contribution is -2.51. The van der Waals surface area contributed by atoms with E-state index in [1.165, 1.54) is 4.90 Å². The van der Waals surface area contributed by atoms with E-state index in [-0.39, 0.29) is 24.1 Å². The minimum atomic E-state index is -0.854. The van der Waals surface area contributed by atoms with Crippen LogP contribution in [0, 0.1) is 0 Å². The average molecular weight is 488 g/mol. The van der Waals surface area contributed by atoms with Crippen molar-refractivity contribution in [2.45, 2.75) is 12.5 Å². The average Bonchev–Trinajstić information content (AvgIpc) is 3.39. The van der Waals surface area contributed by atoms with E-state index in [1.54, 1.807) is 48.5 Å². The molecule has 0 unspecified atom stereocenters. The molecule has 1 N–H and O–H groups in total. The monoisotopic (exact) mass is 487 g/mol. The van der Waals surface area contributed by atoms with Gasteiger partial charge in [0, 0.05) is 23.2 Å². The Morgan fingerprint density at radius 3 is 2.54 bits per heavy atom. The molecule has 2 heterocycles. The summed E-state index contributed by atoms with van der Waals surface area (Å²) >= 11 is 5.95. The number of anilines is 1. The molecule has 1 aliphatic rings. The lowest BCUT2D eigenvalue weighted by atomic mass is 10.1. The Kier molecular flexibility index (Phi) is 6.50. The summed E-state index contributed by atoms with van der Waals surface area (Å²) in [5.41, 5.74) is 2.58. The van der Waals surface area contributed by atoms with Crippen molar-refractivity contribution in [3.63, 3.8) is 0 Å². The van der Waals surface area contributed by atoms with E-state index in [4.69, 9.17) is 20.9 Å². The predicted molar refractivity (Wildman–Crippen MR) is 133 cm³/mol. The van der Waals surface area contributed by atoms with E-state index < -0.39 is 6.10 Å². The number of amides is 2. The summed E-state index contributed by atoms with van der Waals surface area (Å²) in [5.74, 6) is 0.237. The molecule has 0 saturated carbocycles. The minimum Gasteiger partial charge on any atom is -0.477 e. The normalized spacial score (nSPS) is 14.7. The topological polar surface area (TPSA) is 84.7 Å². The molecule has 1 aliphatic heterocycles. The molecule has 0 fully saturated rings. The van der Waals surface area contributed by atoms with E-state index in [2.05, 4.69) is 10.5 Å². The predicted octanol–water partition coefficient (Wildman–Crippen LogP) is 4.76. The fourth-order valence-electron chi connectivity index (χ4n) is 3.92. The van der Waals surface area contributed by atoms with Gasteiger partial charge in [-0.25, -0.2) is 0 Å². The zero-order valence-corrected chi connectivity index (χ0v) is 19.4. The molecule has 176 valence electrons. The number of carbonyl (C=O) groups is 2. The number of para-hydroxylation sites is 2. The van der Waals surface area contributed by atoms with Crippen LogP contribution in [0.4, 0.5) is 5.69 Å². The van der Waals surface area contributed by atoms with Crippen molar-refractivity contribution >= 4 is 29.1 Å². The number of ether oxygens (including phenoxy) is 1. The first-order valence-electron chi connectivity index (χ1n) is 11.2. The number of hydrogen-bond acceptors (Lipinski definition) is 5. The van der Waals surface area contributed by atoms with Crippen LogP contribution in [-0.4, -0.2) is 36.2 Å². The molecule has 2 amide bonds. The number of fused-ring (bicyclic) bond motifs is 1. The fourth-order valence-corrected chi connectivity index (χ4v) is 4.04. The number of hydrogen-bond donors (Lipinski definition) is 1. The largest absolute Gasteiger partial charge is 0.477 e. The number of rotatable bonds is 6. The maximum absolute atomic E-state index is 13.4. The summed E-state index contributed by atoms with van der Waals surface area (Å²) in [5, 5.41) is 7.49. The lowest BCUT2D eigenvalue weighted by molar-refractivity contribution is -0.127. The molecule has 35 heavy (non-hydrogen) atoms. The Morgan fingerprint density at radius 2 is 1.74 bits per heavy atom. The molecule has 8 heteroatoms. The summed E-state index contributed by atoms with van der Waals surface area (Å²) in [7, 11) is 0. The Balaban J connectivity index is 1.32. The van der Waals surface area contributed by atoms with E-state index in [9.17, 15) is 9.59 Å². The van der Waals surface area contributed by atoms with Crippen LogP contribution in [-0.2, 0) is 11.2 Å². The summed E-state index contributed by atoms with van der Waals surface area (Å²) in [6, 6.07) is 25.6. The SMILES string of the molecule is O=C(NCCc1ccccc1)[C@@H]1CN(C(=O)c2cc(-c3ccc(Cl)cc3)on2)c2ccccc2O1. The van der Waals surface area contributed by atoms with Crippen LogP contribution in [0.3, 0.4) is 0 Å². The number of benzene rings is 3. The summed E-state index contributed by atoms with van der Waals surface area (Å²) in [6.07, 6.45) is -0.155. The van der Waals surface area contributed by atoms with Crippen molar-refractivity contribution in [1.29, 1.82) is 0 Å². The van der Waals surface area contributed by atoms with Crippen molar-refractivity contribution in [2.24, 2.45) is 0 Å². The summed E-state index contributed by atoms with van der Waals surface area (Å²) < 4.78 is 11.3. The molecule has 4 aromatic rings. The van der Waals surface area contributed by atoms with Gasteiger partial charge in [-0.15, -0.1) is 0 Å². The molecule has 7 nitrogen and oxygen atoms in total. The van der Waals surface area contributed by atoms with Crippen molar-refractivity contribution < 1.29 is 18.8 Å². The van der Waals surface area contributed by atoms with Crippen LogP contribution in [0.25, 0.3) is 11.3 Å². The molecule has 0 saturated heterocycles. The van der Waals surface area contributed by atoms with Gasteiger partial charge in [0.2, 0.25) is 0 Å². The van der Waals surface area contributed by atoms with Gasteiger partial charge in [-0.2, -0.15) is 0 Å². The lowest BCUT2D eigenvalue weighted by Gasteiger charge is -2.33. The van der Waals surface area contributed by atoms with Crippen LogP contribution < -0.4 is 15.0 Å². The van der Waals surface area contributed by atoms with Gasteiger partial charge in [0.1, 0.15) is 5.75 Å². The number of nitrogens with one attached hydrogen (secondary N) is 1. The highest BCUT2D eigenvalue weighted by Gasteiger charge is 2.35. The number of aromatic nitrogens is 1. The molecule has 0 aliphatic carbocycles. The van der Waals surface area contributed by atoms with Gasteiger partial charge < -0.3 is 14.6 Å². The van der Waals surface area contributed by atoms with Gasteiger partial charge >= 0.3 is 0 Å². The molecule has 0 spiro atoms. The molecular formula is C27H22ClN3O4. The van der Waals surface area contributed by atoms with Gasteiger partial charge in [0.05, 0.1) is 12.2 Å². The third kappa shape index (κ3) is 5.05. The molecule has 1 aromatic heterocycles. The van der Waals surface area contributed by atoms with E-state index in [0.717, 1.165) is 11.1 Å². The molecule has 0 bridgehead atoms. The Bertz CT molecular complexity index is 1340. The maximum Gasteiger partial charge on any atom is 0.280 e. The molecular weight excluding hydrogens is 466 g/mol. The van der Waals surface area contributed by atoms with E-state index in [1.807, 2.05) is 36.4 Å². The standard InChI is InChI=1S/C27H22ClN3O4/c28-20-12-10-19(11-13-20)24-16-21(30-35-24)27(33)31-17-25(34-23-9-5-4-8-22(23)31)26(32)29-15-14-18-6-2-1-3-7-18/h1-13,16,25H,14-15,17H2,(H,29,32)/t25-/m0/s1. The van der Waals surface area contributed by atoms with Gasteiger partial charge in [0.25, 0.3) is 11.8 Å². The quantitative estimate of drug-likeness (QED) is 0.424. The zero-order chi connectivity index (χ0) is 24.2. The Hall–Kier alpha value is -4.10. The fraction of sp³-hybridized carbons (Fsp3) is 0.148.